The molecule has 0 unspecified atom stereocenters. The summed E-state index contributed by atoms with van der Waals surface area (Å²) in [5, 5.41) is 1.14. The normalized spacial score (nSPS) is 10.8. The molecule has 0 saturated carbocycles. The van der Waals surface area contributed by atoms with Crippen molar-refractivity contribution in [3.63, 3.8) is 0 Å². The third-order valence-corrected chi connectivity index (χ3v) is 3.85. The lowest BCUT2D eigenvalue weighted by Gasteiger charge is -1.99. The summed E-state index contributed by atoms with van der Waals surface area (Å²) in [5.74, 6) is -0.311. The minimum absolute atomic E-state index is 0.311. The van der Waals surface area contributed by atoms with Crippen LogP contribution >= 0.6 is 22.9 Å². The lowest BCUT2D eigenvalue weighted by molar-refractivity contribution is 0.631. The van der Waals surface area contributed by atoms with Gasteiger partial charge in [0.25, 0.3) is 0 Å². The third-order valence-electron chi connectivity index (χ3n) is 2.46. The first-order valence-electron chi connectivity index (χ1n) is 5.29. The fourth-order valence-corrected chi connectivity index (χ4v) is 2.81. The van der Waals surface area contributed by atoms with E-state index < -0.39 is 0 Å². The Hall–Kier alpha value is -0.970. The zero-order valence-corrected chi connectivity index (χ0v) is 10.9. The smallest absolute Gasteiger partial charge is 0.133 e. The Balaban J connectivity index is 2.52. The summed E-state index contributed by atoms with van der Waals surface area (Å²) in [6.07, 6.45) is 0.797. The highest BCUT2D eigenvalue weighted by atomic mass is 35.5. The first kappa shape index (κ1) is 12.5. The number of nitrogens with zero attached hydrogens (tertiary/aromatic N) is 1. The molecule has 0 amide bonds. The fraction of sp³-hybridized carbons (Fsp3) is 0.250. The van der Waals surface area contributed by atoms with Crippen molar-refractivity contribution in [3.05, 3.63) is 39.6 Å². The number of thiazole rings is 1. The minimum Gasteiger partial charge on any atom is -0.326 e. The lowest BCUT2D eigenvalue weighted by Crippen LogP contribution is -1.96. The molecular weight excluding hydrogens is 259 g/mol. The van der Waals surface area contributed by atoms with Crippen LogP contribution in [0.1, 0.15) is 17.5 Å². The van der Waals surface area contributed by atoms with Crippen LogP contribution in [-0.2, 0) is 13.0 Å². The minimum atomic E-state index is -0.311. The molecule has 0 bridgehead atoms. The van der Waals surface area contributed by atoms with Crippen LogP contribution in [-0.4, -0.2) is 4.98 Å². The van der Waals surface area contributed by atoms with Gasteiger partial charge in [-0.15, -0.1) is 11.3 Å². The molecule has 17 heavy (non-hydrogen) atoms. The Morgan fingerprint density at radius 1 is 1.47 bits per heavy atom. The standard InChI is InChI=1S/C12H12ClFN2S/c1-2-10-11(6-15)17-12(16-10)8-5-7(13)3-4-9(8)14/h3-5H,2,6,15H2,1H3. The molecule has 2 nitrogen and oxygen atoms in total. The summed E-state index contributed by atoms with van der Waals surface area (Å²) >= 11 is 7.29. The van der Waals surface area contributed by atoms with E-state index in [1.54, 1.807) is 6.07 Å². The molecule has 0 atom stereocenters. The molecule has 2 rings (SSSR count). The van der Waals surface area contributed by atoms with Crippen LogP contribution in [0.2, 0.25) is 5.02 Å². The Morgan fingerprint density at radius 3 is 2.82 bits per heavy atom. The van der Waals surface area contributed by atoms with E-state index in [0.29, 0.717) is 22.1 Å². The first-order chi connectivity index (χ1) is 8.15. The average Bonchev–Trinajstić information content (AvgIpc) is 2.75. The maximum atomic E-state index is 13.7. The second-order valence-corrected chi connectivity index (χ2v) is 5.09. The summed E-state index contributed by atoms with van der Waals surface area (Å²) in [7, 11) is 0. The molecule has 1 heterocycles. The molecule has 0 fully saturated rings. The number of aryl methyl sites for hydroxylation is 1. The van der Waals surface area contributed by atoms with Gasteiger partial charge in [0.05, 0.1) is 5.69 Å². The van der Waals surface area contributed by atoms with Crippen molar-refractivity contribution < 1.29 is 4.39 Å². The monoisotopic (exact) mass is 270 g/mol. The zero-order chi connectivity index (χ0) is 12.4. The summed E-state index contributed by atoms with van der Waals surface area (Å²) in [6.45, 7) is 2.44. The molecule has 0 aliphatic rings. The molecule has 5 heteroatoms. The average molecular weight is 271 g/mol. The van der Waals surface area contributed by atoms with E-state index in [1.807, 2.05) is 6.92 Å². The molecule has 0 spiro atoms. The van der Waals surface area contributed by atoms with Crippen molar-refractivity contribution in [2.45, 2.75) is 19.9 Å². The lowest BCUT2D eigenvalue weighted by atomic mass is 10.2. The summed E-state index contributed by atoms with van der Waals surface area (Å²) in [5.41, 5.74) is 7.01. The van der Waals surface area contributed by atoms with Crippen LogP contribution in [0.5, 0.6) is 0 Å². The van der Waals surface area contributed by atoms with Crippen molar-refractivity contribution in [1.82, 2.24) is 4.98 Å². The Labute approximate surface area is 108 Å². The Kier molecular flexibility index (Phi) is 3.76. The van der Waals surface area contributed by atoms with Gasteiger partial charge in [-0.05, 0) is 24.6 Å². The maximum Gasteiger partial charge on any atom is 0.133 e. The van der Waals surface area contributed by atoms with Crippen molar-refractivity contribution in [2.24, 2.45) is 5.73 Å². The van der Waals surface area contributed by atoms with Gasteiger partial charge < -0.3 is 5.73 Å². The molecule has 0 saturated heterocycles. The van der Waals surface area contributed by atoms with Gasteiger partial charge in [-0.2, -0.15) is 0 Å². The number of hydrogen-bond donors (Lipinski definition) is 1. The molecule has 90 valence electrons. The van der Waals surface area contributed by atoms with E-state index in [2.05, 4.69) is 4.98 Å². The highest BCUT2D eigenvalue weighted by Crippen LogP contribution is 2.31. The summed E-state index contributed by atoms with van der Waals surface area (Å²) < 4.78 is 13.7. The summed E-state index contributed by atoms with van der Waals surface area (Å²) in [6, 6.07) is 4.47. The Morgan fingerprint density at radius 2 is 2.24 bits per heavy atom. The molecule has 1 aromatic carbocycles. The molecule has 0 aliphatic heterocycles. The molecular formula is C12H12ClFN2S. The first-order valence-corrected chi connectivity index (χ1v) is 6.49. The van der Waals surface area contributed by atoms with Gasteiger partial charge in [0.1, 0.15) is 10.8 Å². The largest absolute Gasteiger partial charge is 0.326 e. The molecule has 2 aromatic rings. The van der Waals surface area contributed by atoms with Gasteiger partial charge in [0.2, 0.25) is 0 Å². The molecule has 0 aliphatic carbocycles. The van der Waals surface area contributed by atoms with E-state index in [1.165, 1.54) is 23.5 Å². The van der Waals surface area contributed by atoms with Crippen LogP contribution < -0.4 is 5.73 Å². The van der Waals surface area contributed by atoms with Crippen molar-refractivity contribution >= 4 is 22.9 Å². The van der Waals surface area contributed by atoms with Crippen molar-refractivity contribution in [1.29, 1.82) is 0 Å². The van der Waals surface area contributed by atoms with Crippen molar-refractivity contribution in [3.8, 4) is 10.6 Å². The van der Waals surface area contributed by atoms with Crippen LogP contribution in [0, 0.1) is 5.82 Å². The van der Waals surface area contributed by atoms with Gasteiger partial charge in [0.15, 0.2) is 0 Å². The van der Waals surface area contributed by atoms with E-state index in [4.69, 9.17) is 17.3 Å². The number of benzene rings is 1. The van der Waals surface area contributed by atoms with Gasteiger partial charge in [-0.3, -0.25) is 0 Å². The van der Waals surface area contributed by atoms with Crippen LogP contribution in [0.25, 0.3) is 10.6 Å². The van der Waals surface area contributed by atoms with Crippen LogP contribution in [0.15, 0.2) is 18.2 Å². The molecule has 1 aromatic heterocycles. The summed E-state index contributed by atoms with van der Waals surface area (Å²) in [4.78, 5) is 5.41. The van der Waals surface area contributed by atoms with Crippen LogP contribution in [0.3, 0.4) is 0 Å². The van der Waals surface area contributed by atoms with Gasteiger partial charge in [-0.1, -0.05) is 18.5 Å². The predicted octanol–water partition coefficient (Wildman–Crippen LogP) is 3.62. The van der Waals surface area contributed by atoms with Gasteiger partial charge in [-0.25, -0.2) is 9.37 Å². The van der Waals surface area contributed by atoms with E-state index in [-0.39, 0.29) is 5.82 Å². The predicted molar refractivity (Wildman–Crippen MR) is 69.8 cm³/mol. The number of halogens is 2. The quantitative estimate of drug-likeness (QED) is 0.925. The number of nitrogens with two attached hydrogens (primary N) is 1. The molecule has 0 radical (unpaired) electrons. The number of aromatic nitrogens is 1. The van der Waals surface area contributed by atoms with Gasteiger partial charge in [0, 0.05) is 22.0 Å². The third kappa shape index (κ3) is 2.49. The second kappa shape index (κ2) is 5.12. The van der Waals surface area contributed by atoms with Crippen molar-refractivity contribution in [2.75, 3.05) is 0 Å². The second-order valence-electron chi connectivity index (χ2n) is 3.57. The zero-order valence-electron chi connectivity index (χ0n) is 9.34. The topological polar surface area (TPSA) is 38.9 Å². The highest BCUT2D eigenvalue weighted by Gasteiger charge is 2.13. The van der Waals surface area contributed by atoms with E-state index in [0.717, 1.165) is 17.0 Å². The number of rotatable bonds is 3. The Bertz CT molecular complexity index is 518. The fourth-order valence-electron chi connectivity index (χ4n) is 1.60. The molecule has 2 N–H and O–H groups in total. The van der Waals surface area contributed by atoms with E-state index >= 15 is 0 Å². The maximum absolute atomic E-state index is 13.7. The SMILES string of the molecule is CCc1nc(-c2cc(Cl)ccc2F)sc1CN. The highest BCUT2D eigenvalue weighted by molar-refractivity contribution is 7.15. The number of hydrogen-bond acceptors (Lipinski definition) is 3. The van der Waals surface area contributed by atoms with Gasteiger partial charge >= 0.3 is 0 Å². The van der Waals surface area contributed by atoms with E-state index in [9.17, 15) is 4.39 Å². The van der Waals surface area contributed by atoms with Crippen LogP contribution in [0.4, 0.5) is 4.39 Å².